The molecule has 0 spiro atoms. The van der Waals surface area contributed by atoms with Gasteiger partial charge in [0, 0.05) is 0 Å². The van der Waals surface area contributed by atoms with E-state index in [-0.39, 0.29) is 19.8 Å². The second-order valence-electron chi connectivity index (χ2n) is 4.20. The van der Waals surface area contributed by atoms with Gasteiger partial charge in [0.1, 0.15) is 26.2 Å². The van der Waals surface area contributed by atoms with E-state index in [1.165, 1.54) is 0 Å². The van der Waals surface area contributed by atoms with E-state index in [0.29, 0.717) is 39.3 Å². The van der Waals surface area contributed by atoms with E-state index in [0.717, 1.165) is 0 Å². The van der Waals surface area contributed by atoms with Gasteiger partial charge in [0.15, 0.2) is 0 Å². The number of rotatable bonds is 3. The summed E-state index contributed by atoms with van der Waals surface area (Å²) in [6, 6.07) is -0.189. The number of nitrogens with one attached hydrogen (secondary N) is 2. The van der Waals surface area contributed by atoms with Gasteiger partial charge in [-0.05, 0) is 0 Å². The first-order valence-electron chi connectivity index (χ1n) is 5.23. The van der Waals surface area contributed by atoms with Crippen LogP contribution in [0, 0.1) is 0 Å². The third-order valence-electron chi connectivity index (χ3n) is 3.11. The van der Waals surface area contributed by atoms with Crippen LogP contribution in [0.15, 0.2) is 0 Å². The summed E-state index contributed by atoms with van der Waals surface area (Å²) in [5.74, 6) is 0. The Labute approximate surface area is 105 Å². The minimum absolute atomic E-state index is 0.0494. The third kappa shape index (κ3) is 2.02. The summed E-state index contributed by atoms with van der Waals surface area (Å²) in [5, 5.41) is 5.47. The minimum atomic E-state index is -0.0946. The highest BCUT2D eigenvalue weighted by Gasteiger charge is 2.45. The highest BCUT2D eigenvalue weighted by Crippen LogP contribution is 2.21. The molecule has 2 atom stereocenters. The van der Waals surface area contributed by atoms with Crippen LogP contribution in [0.4, 0.5) is 9.59 Å². The lowest BCUT2D eigenvalue weighted by Gasteiger charge is -2.26. The van der Waals surface area contributed by atoms with Crippen LogP contribution >= 0.6 is 25.6 Å². The van der Waals surface area contributed by atoms with Crippen LogP contribution in [0.5, 0.6) is 0 Å². The number of carbonyl (C=O) groups excluding carboxylic acids is 2. The van der Waals surface area contributed by atoms with Crippen molar-refractivity contribution in [2.24, 2.45) is 0 Å². The van der Waals surface area contributed by atoms with E-state index >= 15 is 0 Å². The number of thiol groups is 2. The first-order chi connectivity index (χ1) is 7.46. The molecular formula is C8H16N4O2S2+2. The molecule has 0 aromatic rings. The average molecular weight is 264 g/mol. The number of amides is 4. The Hall–Kier alpha value is -0.440. The van der Waals surface area contributed by atoms with Gasteiger partial charge in [-0.25, -0.2) is 9.59 Å². The standard InChI is InChI=1S/C8H14N4O2S2/c13-7-9-1-3-11(7,15)5-6-12(16)4-2-10-8(12)14/h15-16H,1-6H2/p+2. The summed E-state index contributed by atoms with van der Waals surface area (Å²) in [7, 11) is 0. The lowest BCUT2D eigenvalue weighted by atomic mass is 10.4. The first kappa shape index (κ1) is 12.0. The molecule has 4 amide bonds. The van der Waals surface area contributed by atoms with Crippen molar-refractivity contribution in [2.45, 2.75) is 0 Å². The third-order valence-corrected chi connectivity index (χ3v) is 4.28. The number of carbonyl (C=O) groups is 2. The van der Waals surface area contributed by atoms with Crippen molar-refractivity contribution in [3.63, 3.8) is 0 Å². The van der Waals surface area contributed by atoms with Gasteiger partial charge in [0.25, 0.3) is 0 Å². The van der Waals surface area contributed by atoms with Crippen molar-refractivity contribution in [2.75, 3.05) is 39.3 Å². The van der Waals surface area contributed by atoms with E-state index in [2.05, 4.69) is 36.3 Å². The Morgan fingerprint density at radius 1 is 0.938 bits per heavy atom. The predicted octanol–water partition coefficient (Wildman–Crippen LogP) is -0.244. The molecule has 2 aliphatic heterocycles. The lowest BCUT2D eigenvalue weighted by Crippen LogP contribution is -2.51. The fourth-order valence-electron chi connectivity index (χ4n) is 1.95. The molecule has 2 rings (SSSR count). The van der Waals surface area contributed by atoms with Crippen molar-refractivity contribution in [3.8, 4) is 0 Å². The summed E-state index contributed by atoms with van der Waals surface area (Å²) in [5.41, 5.74) is 0. The van der Waals surface area contributed by atoms with Crippen molar-refractivity contribution in [1.82, 2.24) is 10.6 Å². The van der Waals surface area contributed by atoms with Gasteiger partial charge in [-0.15, -0.1) is 0 Å². The molecule has 0 aromatic heterocycles. The van der Waals surface area contributed by atoms with Gasteiger partial charge in [-0.2, -0.15) is 7.78 Å². The highest BCUT2D eigenvalue weighted by molar-refractivity contribution is 7.74. The van der Waals surface area contributed by atoms with Gasteiger partial charge in [-0.1, -0.05) is 0 Å². The van der Waals surface area contributed by atoms with Gasteiger partial charge in [0.05, 0.1) is 38.7 Å². The van der Waals surface area contributed by atoms with Crippen LogP contribution in [-0.2, 0) is 0 Å². The summed E-state index contributed by atoms with van der Waals surface area (Å²) in [6.07, 6.45) is 0. The largest absolute Gasteiger partial charge is 0.428 e. The Bertz CT molecular complexity index is 308. The molecule has 2 unspecified atom stereocenters. The summed E-state index contributed by atoms with van der Waals surface area (Å²) < 4.78 is 0.0989. The molecule has 0 bridgehead atoms. The molecule has 90 valence electrons. The van der Waals surface area contributed by atoms with Crippen LogP contribution in [0.2, 0.25) is 0 Å². The Morgan fingerprint density at radius 3 is 1.56 bits per heavy atom. The molecule has 6 nitrogen and oxygen atoms in total. The van der Waals surface area contributed by atoms with Crippen LogP contribution in [-0.4, -0.2) is 59.1 Å². The van der Waals surface area contributed by atoms with E-state index in [1.807, 2.05) is 0 Å². The quantitative estimate of drug-likeness (QED) is 0.420. The highest BCUT2D eigenvalue weighted by atomic mass is 32.1. The maximum Gasteiger partial charge on any atom is 0.428 e. The maximum absolute atomic E-state index is 11.5. The minimum Gasteiger partial charge on any atom is -0.299 e. The SMILES string of the molecule is O=C1NCC[N+]1(S)CC[N+]1(S)CCNC1=O. The normalized spacial score (nSPS) is 38.6. The van der Waals surface area contributed by atoms with Crippen molar-refractivity contribution in [1.29, 1.82) is 0 Å². The van der Waals surface area contributed by atoms with Gasteiger partial charge >= 0.3 is 12.1 Å². The number of urea groups is 2. The summed E-state index contributed by atoms with van der Waals surface area (Å²) >= 11 is 8.73. The molecule has 2 N–H and O–H groups in total. The van der Waals surface area contributed by atoms with Gasteiger partial charge < -0.3 is 0 Å². The summed E-state index contributed by atoms with van der Waals surface area (Å²) in [4.78, 5) is 23.1. The zero-order valence-electron chi connectivity index (χ0n) is 8.85. The topological polar surface area (TPSA) is 58.2 Å². The van der Waals surface area contributed by atoms with E-state index < -0.39 is 0 Å². The molecular weight excluding hydrogens is 248 g/mol. The Morgan fingerprint density at radius 2 is 1.31 bits per heavy atom. The Balaban J connectivity index is 1.96. The number of hydrogen-bond acceptors (Lipinski definition) is 4. The molecule has 0 radical (unpaired) electrons. The first-order valence-corrected chi connectivity index (χ1v) is 6.03. The molecule has 0 saturated carbocycles. The number of nitrogens with zero attached hydrogens (tertiary/aromatic N) is 2. The Kier molecular flexibility index (Phi) is 3.08. The van der Waals surface area contributed by atoms with E-state index in [4.69, 9.17) is 0 Å². The van der Waals surface area contributed by atoms with Gasteiger partial charge in [-0.3, -0.25) is 10.6 Å². The van der Waals surface area contributed by atoms with Gasteiger partial charge in [0.2, 0.25) is 0 Å². The molecule has 8 heteroatoms. The zero-order chi connectivity index (χ0) is 11.8. The molecule has 2 aliphatic rings. The van der Waals surface area contributed by atoms with Crippen LogP contribution in [0.1, 0.15) is 0 Å². The molecule has 16 heavy (non-hydrogen) atoms. The predicted molar refractivity (Wildman–Crippen MR) is 64.8 cm³/mol. The smallest absolute Gasteiger partial charge is 0.299 e. The second kappa shape index (κ2) is 4.10. The molecule has 2 saturated heterocycles. The molecule has 0 aliphatic carbocycles. The number of quaternary nitrogens is 2. The van der Waals surface area contributed by atoms with Crippen LogP contribution in [0.25, 0.3) is 0 Å². The average Bonchev–Trinajstić information content (AvgIpc) is 2.73. The lowest BCUT2D eigenvalue weighted by molar-refractivity contribution is -0.758. The van der Waals surface area contributed by atoms with Crippen LogP contribution < -0.4 is 10.6 Å². The van der Waals surface area contributed by atoms with E-state index in [1.54, 1.807) is 0 Å². The fourth-order valence-corrected chi connectivity index (χ4v) is 2.47. The molecule has 2 heterocycles. The molecule has 0 aromatic carbocycles. The fraction of sp³-hybridized carbons (Fsp3) is 0.750. The van der Waals surface area contributed by atoms with E-state index in [9.17, 15) is 9.59 Å². The van der Waals surface area contributed by atoms with Crippen molar-refractivity contribution < 1.29 is 17.4 Å². The summed E-state index contributed by atoms with van der Waals surface area (Å²) in [6.45, 7) is 3.59. The molecule has 2 fully saturated rings. The second-order valence-corrected chi connectivity index (χ2v) is 5.74. The number of hydrogen-bond donors (Lipinski definition) is 4. The van der Waals surface area contributed by atoms with Crippen molar-refractivity contribution >= 4 is 37.7 Å². The maximum atomic E-state index is 11.5. The van der Waals surface area contributed by atoms with Crippen molar-refractivity contribution in [3.05, 3.63) is 0 Å². The van der Waals surface area contributed by atoms with Crippen LogP contribution in [0.3, 0.4) is 0 Å². The zero-order valence-corrected chi connectivity index (χ0v) is 10.6. The monoisotopic (exact) mass is 264 g/mol.